The van der Waals surface area contributed by atoms with Crippen LogP contribution in [0.4, 0.5) is 0 Å². The number of para-hydroxylation sites is 8. The predicted octanol–water partition coefficient (Wildman–Crippen LogP) is 21.2. The minimum Gasteiger partial charge on any atom is -0.309 e. The van der Waals surface area contributed by atoms with Gasteiger partial charge in [-0.25, -0.2) is 9.97 Å². The zero-order chi connectivity index (χ0) is 62.0. The summed E-state index contributed by atoms with van der Waals surface area (Å²) in [5, 5.41) is 25.7. The van der Waals surface area contributed by atoms with Crippen LogP contribution in [0.1, 0.15) is 17.0 Å². The Morgan fingerprint density at radius 1 is 0.245 bits per heavy atom. The fraction of sp³-hybridized carbons (Fsp3) is 0.0235. The quantitative estimate of drug-likeness (QED) is 0.159. The lowest BCUT2D eigenvalue weighted by molar-refractivity contribution is 1.05. The zero-order valence-electron chi connectivity index (χ0n) is 51.2. The number of nitrogens with zero attached hydrogens (tertiary/aromatic N) is 9. The Morgan fingerprint density at radius 3 is 0.734 bits per heavy atom. The first-order valence-corrected chi connectivity index (χ1v) is 31.9. The standard InChI is InChI=1S/C85H53N9/c1-51-43-52(2)88-85(87-51)70-49-84(94-81-47-56(91-75-31-15-7-23-62(75)63-24-8-16-32-76(63)91)37-41-68(81)69-42-38-57(48-82(69)94)92-77-33-17-9-25-64(77)65-26-10-18-34-78(65)92)83(44-53(70)50-86)93-79-45-54(89-71-27-11-3-19-58(71)59-20-4-12-28-72(59)89)35-39-66(79)67-40-36-55(46-80(67)93)90-73-29-13-5-21-60(73)61-22-6-14-30-74(61)90/h3-49H,1-2H3. The average molecular weight is 1200 g/mol. The van der Waals surface area contributed by atoms with Crippen molar-refractivity contribution in [1.29, 1.82) is 5.26 Å². The third-order valence-corrected chi connectivity index (χ3v) is 19.8. The maximum absolute atomic E-state index is 11.9. The molecule has 9 heteroatoms. The monoisotopic (exact) mass is 1200 g/mol. The summed E-state index contributed by atoms with van der Waals surface area (Å²) >= 11 is 0. The molecule has 20 aromatic rings. The molecule has 0 aliphatic rings. The smallest absolute Gasteiger partial charge is 0.161 e. The van der Waals surface area contributed by atoms with Crippen molar-refractivity contribution >= 4 is 131 Å². The molecule has 438 valence electrons. The lowest BCUT2D eigenvalue weighted by atomic mass is 10.0. The van der Waals surface area contributed by atoms with Gasteiger partial charge >= 0.3 is 0 Å². The van der Waals surface area contributed by atoms with Crippen molar-refractivity contribution in [2.75, 3.05) is 0 Å². The molecule has 0 saturated carbocycles. The summed E-state index contributed by atoms with van der Waals surface area (Å²) in [6.07, 6.45) is 0. The van der Waals surface area contributed by atoms with Crippen molar-refractivity contribution in [1.82, 2.24) is 37.4 Å². The van der Waals surface area contributed by atoms with Gasteiger partial charge in [-0.15, -0.1) is 0 Å². The van der Waals surface area contributed by atoms with Crippen LogP contribution in [0.3, 0.4) is 0 Å². The van der Waals surface area contributed by atoms with E-state index >= 15 is 0 Å². The van der Waals surface area contributed by atoms with E-state index in [2.05, 4.69) is 313 Å². The maximum Gasteiger partial charge on any atom is 0.161 e. The molecule has 0 radical (unpaired) electrons. The molecule has 0 saturated heterocycles. The van der Waals surface area contributed by atoms with Crippen molar-refractivity contribution in [3.8, 4) is 51.6 Å². The van der Waals surface area contributed by atoms with Gasteiger partial charge in [-0.2, -0.15) is 5.26 Å². The molecule has 20 rings (SSSR count). The van der Waals surface area contributed by atoms with E-state index in [1.165, 1.54) is 43.1 Å². The minimum atomic E-state index is 0.452. The Kier molecular flexibility index (Phi) is 10.9. The molecule has 0 amide bonds. The Labute approximate surface area is 537 Å². The summed E-state index contributed by atoms with van der Waals surface area (Å²) in [4.78, 5) is 10.3. The SMILES string of the molecule is Cc1cc(C)nc(-c2cc(-n3c4cc(-n5c6ccccc6c6ccccc65)ccc4c4ccc(-n5c6ccccc6c6ccccc65)cc43)c(-n3c4cc(-n5c6ccccc6c6ccccc65)ccc4c4ccc(-n5c6ccccc6c6ccccc65)cc43)cc2C#N)n1. The van der Waals surface area contributed by atoms with Gasteiger partial charge in [-0.3, -0.25) is 0 Å². The first kappa shape index (κ1) is 52.0. The van der Waals surface area contributed by atoms with E-state index in [9.17, 15) is 5.26 Å². The fourth-order valence-corrected chi connectivity index (χ4v) is 15.9. The number of hydrogen-bond acceptors (Lipinski definition) is 3. The zero-order valence-corrected chi connectivity index (χ0v) is 51.2. The normalized spacial score (nSPS) is 12.1. The van der Waals surface area contributed by atoms with Gasteiger partial charge in [-0.05, 0) is 129 Å². The van der Waals surface area contributed by atoms with Gasteiger partial charge < -0.3 is 27.4 Å². The molecule has 94 heavy (non-hydrogen) atoms. The highest BCUT2D eigenvalue weighted by Gasteiger charge is 2.27. The van der Waals surface area contributed by atoms with Gasteiger partial charge in [0.15, 0.2) is 5.82 Å². The van der Waals surface area contributed by atoms with E-state index in [0.29, 0.717) is 17.0 Å². The van der Waals surface area contributed by atoms with Gasteiger partial charge in [0.05, 0.1) is 89.2 Å². The Bertz CT molecular complexity index is 6150. The average Bonchev–Trinajstić information content (AvgIpc) is 1.57. The van der Waals surface area contributed by atoms with Gasteiger partial charge in [0.1, 0.15) is 0 Å². The number of nitriles is 1. The van der Waals surface area contributed by atoms with Crippen LogP contribution in [0, 0.1) is 25.2 Å². The molecule has 9 nitrogen and oxygen atoms in total. The van der Waals surface area contributed by atoms with Crippen LogP contribution in [-0.4, -0.2) is 37.4 Å². The number of hydrogen-bond donors (Lipinski definition) is 0. The number of aryl methyl sites for hydroxylation is 2. The highest BCUT2D eigenvalue weighted by atomic mass is 15.1. The molecule has 0 N–H and O–H groups in total. The van der Waals surface area contributed by atoms with Crippen LogP contribution in [0.25, 0.3) is 176 Å². The van der Waals surface area contributed by atoms with Crippen LogP contribution in [0.5, 0.6) is 0 Å². The van der Waals surface area contributed by atoms with Gasteiger partial charge in [0, 0.05) is 104 Å². The third kappa shape index (κ3) is 7.33. The number of aromatic nitrogens is 8. The third-order valence-electron chi connectivity index (χ3n) is 19.8. The summed E-state index contributed by atoms with van der Waals surface area (Å²) in [6, 6.07) is 106. The molecule has 0 bridgehead atoms. The van der Waals surface area contributed by atoms with Crippen LogP contribution in [0.2, 0.25) is 0 Å². The van der Waals surface area contributed by atoms with Gasteiger partial charge in [0.2, 0.25) is 0 Å². The molecule has 0 fully saturated rings. The Balaban J connectivity index is 0.965. The van der Waals surface area contributed by atoms with Crippen molar-refractivity contribution in [3.05, 3.63) is 302 Å². The second-order valence-electron chi connectivity index (χ2n) is 24.9. The molecular formula is C85H53N9. The first-order chi connectivity index (χ1) is 46.4. The van der Waals surface area contributed by atoms with Gasteiger partial charge in [0.25, 0.3) is 0 Å². The molecular weight excluding hydrogens is 1150 g/mol. The molecule has 7 heterocycles. The Morgan fingerprint density at radius 2 is 0.479 bits per heavy atom. The highest BCUT2D eigenvalue weighted by Crippen LogP contribution is 2.46. The predicted molar refractivity (Wildman–Crippen MR) is 388 cm³/mol. The summed E-state index contributed by atoms with van der Waals surface area (Å²) in [5.74, 6) is 0.490. The second-order valence-corrected chi connectivity index (χ2v) is 24.9. The second kappa shape index (κ2) is 19.6. The van der Waals surface area contributed by atoms with Crippen LogP contribution >= 0.6 is 0 Å². The largest absolute Gasteiger partial charge is 0.309 e. The van der Waals surface area contributed by atoms with E-state index in [1.54, 1.807) is 0 Å². The highest BCUT2D eigenvalue weighted by molar-refractivity contribution is 6.17. The molecule has 0 spiro atoms. The first-order valence-electron chi connectivity index (χ1n) is 31.9. The van der Waals surface area contributed by atoms with Crippen molar-refractivity contribution in [2.45, 2.75) is 13.8 Å². The van der Waals surface area contributed by atoms with E-state index in [4.69, 9.17) is 9.97 Å². The lowest BCUT2D eigenvalue weighted by Crippen LogP contribution is -2.07. The van der Waals surface area contributed by atoms with Crippen LogP contribution in [0.15, 0.2) is 285 Å². The van der Waals surface area contributed by atoms with E-state index in [1.807, 2.05) is 19.9 Å². The number of benzene rings is 13. The molecule has 13 aromatic carbocycles. The van der Waals surface area contributed by atoms with Crippen molar-refractivity contribution in [2.24, 2.45) is 0 Å². The van der Waals surface area contributed by atoms with Crippen molar-refractivity contribution in [3.63, 3.8) is 0 Å². The molecule has 0 unspecified atom stereocenters. The molecule has 7 aromatic heterocycles. The molecule has 0 aliphatic heterocycles. The van der Waals surface area contributed by atoms with Crippen LogP contribution < -0.4 is 0 Å². The minimum absolute atomic E-state index is 0.452. The molecule has 0 atom stereocenters. The Hall–Kier alpha value is -12.8. The lowest BCUT2D eigenvalue weighted by Gasteiger charge is -2.20. The van der Waals surface area contributed by atoms with Crippen LogP contribution in [-0.2, 0) is 0 Å². The summed E-state index contributed by atoms with van der Waals surface area (Å²) < 4.78 is 14.5. The van der Waals surface area contributed by atoms with E-state index in [-0.39, 0.29) is 0 Å². The van der Waals surface area contributed by atoms with E-state index in [0.717, 1.165) is 133 Å². The number of fused-ring (bicyclic) bond motifs is 18. The topological polar surface area (TPSA) is 79.1 Å². The van der Waals surface area contributed by atoms with E-state index < -0.39 is 0 Å². The summed E-state index contributed by atoms with van der Waals surface area (Å²) in [5.41, 5.74) is 21.4. The maximum atomic E-state index is 11.9. The molecule has 0 aliphatic carbocycles. The van der Waals surface area contributed by atoms with Gasteiger partial charge in [-0.1, -0.05) is 170 Å². The summed E-state index contributed by atoms with van der Waals surface area (Å²) in [7, 11) is 0. The van der Waals surface area contributed by atoms with Crippen molar-refractivity contribution < 1.29 is 0 Å². The summed E-state index contributed by atoms with van der Waals surface area (Å²) in [6.45, 7) is 4.00. The fourth-order valence-electron chi connectivity index (χ4n) is 15.9. The number of rotatable bonds is 7.